The average molecular weight is 361 g/mol. The van der Waals surface area contributed by atoms with Crippen molar-refractivity contribution < 1.29 is 14.2 Å². The van der Waals surface area contributed by atoms with Crippen molar-refractivity contribution in [2.24, 2.45) is 17.8 Å². The molecule has 0 aromatic carbocycles. The van der Waals surface area contributed by atoms with Gasteiger partial charge in [0.05, 0.1) is 25.9 Å². The van der Waals surface area contributed by atoms with Crippen LogP contribution in [0.15, 0.2) is 6.07 Å². The Morgan fingerprint density at radius 1 is 0.680 bits per heavy atom. The van der Waals surface area contributed by atoms with E-state index in [1.54, 1.807) is 6.07 Å². The molecule has 0 unspecified atom stereocenters. The molecule has 5 nitrogen and oxygen atoms in total. The van der Waals surface area contributed by atoms with Crippen molar-refractivity contribution in [1.29, 1.82) is 0 Å². The summed E-state index contributed by atoms with van der Waals surface area (Å²) in [5.41, 5.74) is 0. The summed E-state index contributed by atoms with van der Waals surface area (Å²) in [4.78, 5) is 8.67. The van der Waals surface area contributed by atoms with Crippen LogP contribution in [-0.2, 0) is 0 Å². The molecular formula is C19H34N2NaO3. The van der Waals surface area contributed by atoms with Crippen LogP contribution in [0.25, 0.3) is 0 Å². The van der Waals surface area contributed by atoms with Gasteiger partial charge in [0.25, 0.3) is 0 Å². The van der Waals surface area contributed by atoms with Gasteiger partial charge >= 0.3 is 6.01 Å². The molecule has 1 aromatic rings. The topological polar surface area (TPSA) is 53.5 Å². The molecule has 1 aromatic heterocycles. The van der Waals surface area contributed by atoms with E-state index in [1.807, 2.05) is 0 Å². The summed E-state index contributed by atoms with van der Waals surface area (Å²) >= 11 is 0. The Kier molecular flexibility index (Phi) is 13.4. The van der Waals surface area contributed by atoms with Crippen molar-refractivity contribution in [1.82, 2.24) is 9.97 Å². The normalized spacial score (nSPS) is 10.9. The van der Waals surface area contributed by atoms with E-state index in [0.29, 0.717) is 55.3 Å². The Hall–Kier alpha value is -0.520. The van der Waals surface area contributed by atoms with E-state index in [-0.39, 0.29) is 29.6 Å². The Labute approximate surface area is 175 Å². The van der Waals surface area contributed by atoms with E-state index in [1.165, 1.54) is 0 Å². The first-order chi connectivity index (χ1) is 11.4. The van der Waals surface area contributed by atoms with Gasteiger partial charge in [-0.2, -0.15) is 9.97 Å². The standard InChI is InChI=1S/C19H34N2O3.Na/c1-14(2)7-10-22-17-13-18(23-11-8-15(3)4)21-19(20-17)24-12-9-16(5)6;/h13-16H,7-12H2,1-6H3;. The largest absolute Gasteiger partial charge is 0.477 e. The molecule has 0 bridgehead atoms. The minimum absolute atomic E-state index is 0. The van der Waals surface area contributed by atoms with Crippen molar-refractivity contribution in [3.63, 3.8) is 0 Å². The van der Waals surface area contributed by atoms with Gasteiger partial charge in [0.15, 0.2) is 0 Å². The van der Waals surface area contributed by atoms with Crippen LogP contribution in [0.3, 0.4) is 0 Å². The number of rotatable bonds is 12. The molecule has 0 aliphatic rings. The summed E-state index contributed by atoms with van der Waals surface area (Å²) in [5.74, 6) is 2.80. The predicted molar refractivity (Wildman–Crippen MR) is 103 cm³/mol. The minimum atomic E-state index is 0. The zero-order valence-electron chi connectivity index (χ0n) is 17.2. The number of nitrogens with zero attached hydrogens (tertiary/aromatic N) is 2. The average Bonchev–Trinajstić information content (AvgIpc) is 2.46. The van der Waals surface area contributed by atoms with Crippen molar-refractivity contribution in [3.05, 3.63) is 6.07 Å². The summed E-state index contributed by atoms with van der Waals surface area (Å²) in [6, 6.07) is 2.08. The van der Waals surface area contributed by atoms with Crippen LogP contribution in [0.2, 0.25) is 0 Å². The molecule has 139 valence electrons. The van der Waals surface area contributed by atoms with Gasteiger partial charge < -0.3 is 14.2 Å². The zero-order valence-corrected chi connectivity index (χ0v) is 19.2. The van der Waals surface area contributed by atoms with Gasteiger partial charge in [0.2, 0.25) is 11.8 Å². The van der Waals surface area contributed by atoms with Gasteiger partial charge in [0, 0.05) is 29.6 Å². The Morgan fingerprint density at radius 2 is 1.04 bits per heavy atom. The molecule has 0 atom stereocenters. The molecular weight excluding hydrogens is 327 g/mol. The molecule has 1 radical (unpaired) electrons. The summed E-state index contributed by atoms with van der Waals surface area (Å²) in [6.45, 7) is 14.9. The zero-order chi connectivity index (χ0) is 17.9. The van der Waals surface area contributed by atoms with E-state index in [0.717, 1.165) is 19.3 Å². The second-order valence-corrected chi connectivity index (χ2v) is 7.42. The van der Waals surface area contributed by atoms with Crippen LogP contribution >= 0.6 is 0 Å². The second-order valence-electron chi connectivity index (χ2n) is 7.42. The van der Waals surface area contributed by atoms with Crippen LogP contribution in [0.5, 0.6) is 17.8 Å². The third-order valence-electron chi connectivity index (χ3n) is 3.48. The molecule has 0 amide bonds. The number of aromatic nitrogens is 2. The Bertz CT molecular complexity index is 389. The van der Waals surface area contributed by atoms with Crippen LogP contribution in [-0.4, -0.2) is 59.3 Å². The first kappa shape index (κ1) is 24.5. The first-order valence-corrected chi connectivity index (χ1v) is 9.14. The Morgan fingerprint density at radius 3 is 1.40 bits per heavy atom. The fourth-order valence-electron chi connectivity index (χ4n) is 1.78. The number of hydrogen-bond acceptors (Lipinski definition) is 5. The van der Waals surface area contributed by atoms with Gasteiger partial charge in [-0.1, -0.05) is 41.5 Å². The number of ether oxygens (including phenoxy) is 3. The maximum Gasteiger partial charge on any atom is 0.323 e. The minimum Gasteiger partial charge on any atom is -0.477 e. The molecule has 0 saturated carbocycles. The van der Waals surface area contributed by atoms with Gasteiger partial charge in [0.1, 0.15) is 0 Å². The summed E-state index contributed by atoms with van der Waals surface area (Å²) < 4.78 is 17.2. The quantitative estimate of drug-likeness (QED) is 0.517. The summed E-state index contributed by atoms with van der Waals surface area (Å²) in [6.07, 6.45) is 2.93. The van der Waals surface area contributed by atoms with Crippen molar-refractivity contribution in [3.8, 4) is 17.8 Å². The molecule has 1 heterocycles. The molecule has 0 aliphatic heterocycles. The van der Waals surface area contributed by atoms with Crippen LogP contribution in [0.4, 0.5) is 0 Å². The van der Waals surface area contributed by atoms with E-state index in [4.69, 9.17) is 14.2 Å². The molecule has 0 N–H and O–H groups in total. The van der Waals surface area contributed by atoms with Gasteiger partial charge in [-0.15, -0.1) is 0 Å². The monoisotopic (exact) mass is 361 g/mol. The fraction of sp³-hybridized carbons (Fsp3) is 0.789. The summed E-state index contributed by atoms with van der Waals surface area (Å²) in [7, 11) is 0. The SMILES string of the molecule is CC(C)CCOc1cc(OCCC(C)C)nc(OCCC(C)C)n1.[Na]. The summed E-state index contributed by atoms with van der Waals surface area (Å²) in [5, 5.41) is 0. The molecule has 25 heavy (non-hydrogen) atoms. The van der Waals surface area contributed by atoms with E-state index in [2.05, 4.69) is 51.5 Å². The fourth-order valence-corrected chi connectivity index (χ4v) is 1.78. The second kappa shape index (κ2) is 13.7. The van der Waals surface area contributed by atoms with Crippen molar-refractivity contribution in [2.75, 3.05) is 19.8 Å². The Balaban J connectivity index is 0.00000576. The maximum atomic E-state index is 5.74. The molecule has 1 rings (SSSR count). The van der Waals surface area contributed by atoms with Gasteiger partial charge in [-0.25, -0.2) is 0 Å². The van der Waals surface area contributed by atoms with E-state index < -0.39 is 0 Å². The number of hydrogen-bond donors (Lipinski definition) is 0. The molecule has 0 aliphatic carbocycles. The smallest absolute Gasteiger partial charge is 0.323 e. The third kappa shape index (κ3) is 12.5. The van der Waals surface area contributed by atoms with Crippen LogP contribution < -0.4 is 14.2 Å². The van der Waals surface area contributed by atoms with Crippen LogP contribution in [0.1, 0.15) is 60.8 Å². The van der Waals surface area contributed by atoms with Crippen molar-refractivity contribution >= 4 is 29.6 Å². The molecule has 0 spiro atoms. The molecule has 0 fully saturated rings. The van der Waals surface area contributed by atoms with Gasteiger partial charge in [-0.05, 0) is 37.0 Å². The van der Waals surface area contributed by atoms with Crippen LogP contribution in [0, 0.1) is 17.8 Å². The first-order valence-electron chi connectivity index (χ1n) is 9.14. The molecule has 6 heteroatoms. The van der Waals surface area contributed by atoms with E-state index >= 15 is 0 Å². The molecule has 0 saturated heterocycles. The maximum absolute atomic E-state index is 5.74. The van der Waals surface area contributed by atoms with Crippen molar-refractivity contribution in [2.45, 2.75) is 60.8 Å². The predicted octanol–water partition coefficient (Wildman–Crippen LogP) is 4.37. The third-order valence-corrected chi connectivity index (χ3v) is 3.48. The van der Waals surface area contributed by atoms with Gasteiger partial charge in [-0.3, -0.25) is 0 Å². The van der Waals surface area contributed by atoms with E-state index in [9.17, 15) is 0 Å².